The third-order valence-electron chi connectivity index (χ3n) is 4.23. The fourth-order valence-corrected chi connectivity index (χ4v) is 2.78. The van der Waals surface area contributed by atoms with Crippen molar-refractivity contribution in [3.63, 3.8) is 0 Å². The number of hydrazine groups is 1. The minimum atomic E-state index is -0.690. The molecule has 2 aromatic carbocycles. The minimum absolute atomic E-state index is 0.0474. The number of ether oxygens (including phenoxy) is 1. The van der Waals surface area contributed by atoms with Crippen LogP contribution in [-0.4, -0.2) is 41.7 Å². The van der Waals surface area contributed by atoms with Crippen molar-refractivity contribution in [1.29, 1.82) is 0 Å². The van der Waals surface area contributed by atoms with E-state index in [1.807, 2.05) is 19.1 Å². The highest BCUT2D eigenvalue weighted by Gasteiger charge is 2.31. The van der Waals surface area contributed by atoms with Crippen LogP contribution in [0.2, 0.25) is 0 Å². The molecule has 3 rings (SSSR count). The van der Waals surface area contributed by atoms with Crippen molar-refractivity contribution in [2.75, 3.05) is 13.2 Å². The average molecular weight is 381 g/mol. The van der Waals surface area contributed by atoms with Crippen LogP contribution >= 0.6 is 0 Å². The van der Waals surface area contributed by atoms with E-state index in [1.165, 1.54) is 0 Å². The Morgan fingerprint density at radius 1 is 1.00 bits per heavy atom. The van der Waals surface area contributed by atoms with E-state index in [9.17, 15) is 19.2 Å². The molecule has 0 bridgehead atoms. The van der Waals surface area contributed by atoms with E-state index in [0.29, 0.717) is 16.9 Å². The van der Waals surface area contributed by atoms with Crippen molar-refractivity contribution in [2.45, 2.75) is 13.3 Å². The summed E-state index contributed by atoms with van der Waals surface area (Å²) in [4.78, 5) is 49.3. The molecular weight excluding hydrogens is 362 g/mol. The molecule has 0 aliphatic carbocycles. The number of hydrogen-bond donors (Lipinski definition) is 2. The van der Waals surface area contributed by atoms with E-state index in [0.717, 1.165) is 10.5 Å². The van der Waals surface area contributed by atoms with E-state index < -0.39 is 30.2 Å². The molecule has 2 N–H and O–H groups in total. The third kappa shape index (κ3) is 4.35. The molecule has 0 radical (unpaired) electrons. The molecule has 0 unspecified atom stereocenters. The van der Waals surface area contributed by atoms with Gasteiger partial charge in [0.1, 0.15) is 12.3 Å². The van der Waals surface area contributed by atoms with Gasteiger partial charge >= 0.3 is 0 Å². The van der Waals surface area contributed by atoms with Crippen LogP contribution in [0, 0.1) is 6.92 Å². The highest BCUT2D eigenvalue weighted by molar-refractivity contribution is 6.11. The second kappa shape index (κ2) is 8.34. The van der Waals surface area contributed by atoms with Gasteiger partial charge in [-0.25, -0.2) is 0 Å². The van der Waals surface area contributed by atoms with Crippen molar-refractivity contribution in [3.05, 3.63) is 65.2 Å². The van der Waals surface area contributed by atoms with Gasteiger partial charge in [-0.1, -0.05) is 36.4 Å². The SMILES string of the molecule is Cc1ccccc1OCC(=O)NNC(=O)CN1C(=O)Cc2ccccc2C1=O. The van der Waals surface area contributed by atoms with E-state index in [-0.39, 0.29) is 13.0 Å². The van der Waals surface area contributed by atoms with Crippen LogP contribution in [0.1, 0.15) is 21.5 Å². The molecule has 8 heteroatoms. The number of carbonyl (C=O) groups excluding carboxylic acids is 4. The van der Waals surface area contributed by atoms with Crippen LogP contribution in [0.15, 0.2) is 48.5 Å². The number of carbonyl (C=O) groups is 4. The lowest BCUT2D eigenvalue weighted by Gasteiger charge is -2.26. The molecule has 2 aromatic rings. The van der Waals surface area contributed by atoms with Crippen LogP contribution in [0.3, 0.4) is 0 Å². The molecule has 0 saturated heterocycles. The molecule has 0 spiro atoms. The molecule has 1 aliphatic heterocycles. The Morgan fingerprint density at radius 3 is 2.46 bits per heavy atom. The number of para-hydroxylation sites is 1. The van der Waals surface area contributed by atoms with Crippen molar-refractivity contribution in [1.82, 2.24) is 15.8 Å². The molecule has 0 saturated carbocycles. The monoisotopic (exact) mass is 381 g/mol. The summed E-state index contributed by atoms with van der Waals surface area (Å²) in [6.07, 6.45) is 0.0474. The summed E-state index contributed by atoms with van der Waals surface area (Å²) < 4.78 is 5.37. The molecule has 1 heterocycles. The zero-order chi connectivity index (χ0) is 20.1. The van der Waals surface area contributed by atoms with Gasteiger partial charge in [0.25, 0.3) is 17.7 Å². The Hall–Kier alpha value is -3.68. The van der Waals surface area contributed by atoms with Crippen molar-refractivity contribution < 1.29 is 23.9 Å². The van der Waals surface area contributed by atoms with Gasteiger partial charge in [-0.3, -0.25) is 34.9 Å². The molecule has 1 aliphatic rings. The molecule has 0 fully saturated rings. The molecular formula is C20H19N3O5. The van der Waals surface area contributed by atoms with Crippen LogP contribution in [-0.2, 0) is 20.8 Å². The molecule has 144 valence electrons. The fraction of sp³-hybridized carbons (Fsp3) is 0.200. The maximum absolute atomic E-state index is 12.4. The van der Waals surface area contributed by atoms with Gasteiger partial charge in [-0.05, 0) is 30.2 Å². The number of hydrogen-bond acceptors (Lipinski definition) is 5. The van der Waals surface area contributed by atoms with Crippen molar-refractivity contribution >= 4 is 23.6 Å². The zero-order valence-electron chi connectivity index (χ0n) is 15.2. The lowest BCUT2D eigenvalue weighted by atomic mass is 9.98. The second-order valence-electron chi connectivity index (χ2n) is 6.27. The normalized spacial score (nSPS) is 13.0. The third-order valence-corrected chi connectivity index (χ3v) is 4.23. The number of aryl methyl sites for hydroxylation is 1. The number of amides is 4. The Kier molecular flexibility index (Phi) is 5.69. The summed E-state index contributed by atoms with van der Waals surface area (Å²) in [5, 5.41) is 0. The molecule has 0 atom stereocenters. The number of fused-ring (bicyclic) bond motifs is 1. The van der Waals surface area contributed by atoms with Crippen LogP contribution in [0.25, 0.3) is 0 Å². The quantitative estimate of drug-likeness (QED) is 0.587. The smallest absolute Gasteiger partial charge is 0.276 e. The van der Waals surface area contributed by atoms with E-state index >= 15 is 0 Å². The van der Waals surface area contributed by atoms with E-state index in [2.05, 4.69) is 10.9 Å². The number of nitrogens with one attached hydrogen (secondary N) is 2. The van der Waals surface area contributed by atoms with Gasteiger partial charge < -0.3 is 4.74 Å². The second-order valence-corrected chi connectivity index (χ2v) is 6.27. The molecule has 4 amide bonds. The van der Waals surface area contributed by atoms with E-state index in [4.69, 9.17) is 4.74 Å². The number of benzene rings is 2. The van der Waals surface area contributed by atoms with Gasteiger partial charge in [-0.2, -0.15) is 0 Å². The first-order valence-corrected chi connectivity index (χ1v) is 8.64. The van der Waals surface area contributed by atoms with Gasteiger partial charge in [-0.15, -0.1) is 0 Å². The molecule has 8 nitrogen and oxygen atoms in total. The maximum atomic E-state index is 12.4. The first-order chi connectivity index (χ1) is 13.5. The summed E-state index contributed by atoms with van der Waals surface area (Å²) in [6, 6.07) is 14.0. The lowest BCUT2D eigenvalue weighted by Crippen LogP contribution is -2.51. The fourth-order valence-electron chi connectivity index (χ4n) is 2.78. The Bertz CT molecular complexity index is 941. The summed E-state index contributed by atoms with van der Waals surface area (Å²) >= 11 is 0. The molecule has 0 aromatic heterocycles. The molecule has 28 heavy (non-hydrogen) atoms. The average Bonchev–Trinajstić information content (AvgIpc) is 2.69. The minimum Gasteiger partial charge on any atom is -0.483 e. The van der Waals surface area contributed by atoms with Crippen LogP contribution < -0.4 is 15.6 Å². The van der Waals surface area contributed by atoms with E-state index in [1.54, 1.807) is 36.4 Å². The first kappa shape index (κ1) is 19.1. The Morgan fingerprint density at radius 2 is 1.68 bits per heavy atom. The standard InChI is InChI=1S/C20H19N3O5/c1-13-6-2-5-9-16(13)28-12-18(25)22-21-17(24)11-23-19(26)10-14-7-3-4-8-15(14)20(23)27/h2-9H,10-12H2,1H3,(H,21,24)(H,22,25). The maximum Gasteiger partial charge on any atom is 0.276 e. The van der Waals surface area contributed by atoms with Gasteiger partial charge in [0.05, 0.1) is 6.42 Å². The summed E-state index contributed by atoms with van der Waals surface area (Å²) in [5.41, 5.74) is 6.28. The number of nitrogens with zero attached hydrogens (tertiary/aromatic N) is 1. The predicted molar refractivity (Wildman–Crippen MR) is 99.1 cm³/mol. The summed E-state index contributed by atoms with van der Waals surface area (Å²) in [5.74, 6) is -1.69. The highest BCUT2D eigenvalue weighted by atomic mass is 16.5. The van der Waals surface area contributed by atoms with Crippen LogP contribution in [0.4, 0.5) is 0 Å². The number of imide groups is 1. The Labute approximate surface area is 161 Å². The predicted octanol–water partition coefficient (Wildman–Crippen LogP) is 0.746. The van der Waals surface area contributed by atoms with Crippen molar-refractivity contribution in [3.8, 4) is 5.75 Å². The van der Waals surface area contributed by atoms with Crippen LogP contribution in [0.5, 0.6) is 5.75 Å². The van der Waals surface area contributed by atoms with Crippen molar-refractivity contribution in [2.24, 2.45) is 0 Å². The lowest BCUT2D eigenvalue weighted by molar-refractivity contribution is -0.135. The first-order valence-electron chi connectivity index (χ1n) is 8.64. The topological polar surface area (TPSA) is 105 Å². The van der Waals surface area contributed by atoms with Gasteiger partial charge in [0, 0.05) is 5.56 Å². The summed E-state index contributed by atoms with van der Waals surface area (Å²) in [6.45, 7) is 1.07. The Balaban J connectivity index is 1.49. The zero-order valence-corrected chi connectivity index (χ0v) is 15.2. The van der Waals surface area contributed by atoms with Gasteiger partial charge in [0.2, 0.25) is 5.91 Å². The summed E-state index contributed by atoms with van der Waals surface area (Å²) in [7, 11) is 0. The largest absolute Gasteiger partial charge is 0.483 e. The van der Waals surface area contributed by atoms with Gasteiger partial charge in [0.15, 0.2) is 6.61 Å². The highest BCUT2D eigenvalue weighted by Crippen LogP contribution is 2.19. The number of rotatable bonds is 5.